The van der Waals surface area contributed by atoms with Gasteiger partial charge in [0.15, 0.2) is 0 Å². The van der Waals surface area contributed by atoms with Crippen molar-refractivity contribution in [2.45, 2.75) is 51.6 Å². The van der Waals surface area contributed by atoms with Gasteiger partial charge in [-0.3, -0.25) is 14.5 Å². The van der Waals surface area contributed by atoms with E-state index in [0.29, 0.717) is 18.8 Å². The second-order valence-electron chi connectivity index (χ2n) is 5.94. The molecule has 1 aromatic rings. The van der Waals surface area contributed by atoms with Crippen LogP contribution in [0.5, 0.6) is 0 Å². The van der Waals surface area contributed by atoms with Crippen LogP contribution in [0.4, 0.5) is 0 Å². The minimum atomic E-state index is -0.822. The number of aliphatic hydroxyl groups excluding tert-OH is 1. The van der Waals surface area contributed by atoms with Crippen LogP contribution in [0, 0.1) is 0 Å². The number of aliphatic hydroxyl groups is 1. The van der Waals surface area contributed by atoms with E-state index in [2.05, 4.69) is 13.8 Å². The first-order chi connectivity index (χ1) is 9.99. The SMILES string of the molecule is CC(C)c1ccc(C(O)CN2C(=O)CCCCC2=O)cc1. The van der Waals surface area contributed by atoms with Gasteiger partial charge in [-0.25, -0.2) is 0 Å². The summed E-state index contributed by atoms with van der Waals surface area (Å²) in [5.74, 6) is 0.0932. The second kappa shape index (κ2) is 6.85. The summed E-state index contributed by atoms with van der Waals surface area (Å²) in [5, 5.41) is 10.3. The van der Waals surface area contributed by atoms with Crippen LogP contribution in [0.1, 0.15) is 62.7 Å². The van der Waals surface area contributed by atoms with E-state index in [1.165, 1.54) is 10.5 Å². The molecule has 4 heteroatoms. The van der Waals surface area contributed by atoms with Crippen LogP contribution in [-0.4, -0.2) is 28.4 Å². The Morgan fingerprint density at radius 3 is 1.95 bits per heavy atom. The quantitative estimate of drug-likeness (QED) is 0.867. The lowest BCUT2D eigenvalue weighted by atomic mass is 10.00. The molecule has 114 valence electrons. The Morgan fingerprint density at radius 2 is 1.48 bits per heavy atom. The third-order valence-electron chi connectivity index (χ3n) is 3.98. The highest BCUT2D eigenvalue weighted by molar-refractivity contribution is 5.96. The molecule has 0 aliphatic carbocycles. The zero-order valence-corrected chi connectivity index (χ0v) is 12.7. The molecule has 1 heterocycles. The molecule has 0 aromatic heterocycles. The maximum Gasteiger partial charge on any atom is 0.229 e. The van der Waals surface area contributed by atoms with Crippen LogP contribution < -0.4 is 0 Å². The van der Waals surface area contributed by atoms with Gasteiger partial charge in [0.25, 0.3) is 0 Å². The van der Waals surface area contributed by atoms with Gasteiger partial charge >= 0.3 is 0 Å². The van der Waals surface area contributed by atoms with Crippen molar-refractivity contribution in [3.05, 3.63) is 35.4 Å². The number of nitrogens with zero attached hydrogens (tertiary/aromatic N) is 1. The van der Waals surface area contributed by atoms with E-state index in [1.807, 2.05) is 24.3 Å². The van der Waals surface area contributed by atoms with Crippen molar-refractivity contribution >= 4 is 11.8 Å². The normalized spacial score (nSPS) is 18.0. The monoisotopic (exact) mass is 289 g/mol. The fourth-order valence-electron chi connectivity index (χ4n) is 2.55. The minimum Gasteiger partial charge on any atom is -0.387 e. The molecule has 4 nitrogen and oxygen atoms in total. The third-order valence-corrected chi connectivity index (χ3v) is 3.98. The number of amides is 2. The second-order valence-corrected chi connectivity index (χ2v) is 5.94. The van der Waals surface area contributed by atoms with E-state index < -0.39 is 6.10 Å². The first-order valence-electron chi connectivity index (χ1n) is 7.60. The number of β-amino-alcohol motifs (C(OH)–C–C–N with tert-alkyl or cyclic N) is 1. The van der Waals surface area contributed by atoms with Gasteiger partial charge in [0.2, 0.25) is 11.8 Å². The summed E-state index contributed by atoms with van der Waals surface area (Å²) in [6.07, 6.45) is 1.47. The van der Waals surface area contributed by atoms with E-state index >= 15 is 0 Å². The number of likely N-dealkylation sites (tertiary alicyclic amines) is 1. The fourth-order valence-corrected chi connectivity index (χ4v) is 2.55. The highest BCUT2D eigenvalue weighted by Crippen LogP contribution is 2.21. The van der Waals surface area contributed by atoms with Gasteiger partial charge in [-0.15, -0.1) is 0 Å². The molecule has 1 saturated heterocycles. The summed E-state index contributed by atoms with van der Waals surface area (Å²) in [6, 6.07) is 7.70. The fraction of sp³-hybridized carbons (Fsp3) is 0.529. The van der Waals surface area contributed by atoms with E-state index in [1.54, 1.807) is 0 Å². The Bertz CT molecular complexity index is 489. The van der Waals surface area contributed by atoms with E-state index in [0.717, 1.165) is 18.4 Å². The molecule has 0 saturated carbocycles. The topological polar surface area (TPSA) is 57.6 Å². The van der Waals surface area contributed by atoms with Crippen LogP contribution in [-0.2, 0) is 9.59 Å². The van der Waals surface area contributed by atoms with Gasteiger partial charge in [0.1, 0.15) is 0 Å². The Labute approximate surface area is 125 Å². The number of carbonyl (C=O) groups is 2. The summed E-state index contributed by atoms with van der Waals surface area (Å²) in [4.78, 5) is 25.1. The predicted octanol–water partition coefficient (Wildman–Crippen LogP) is 2.77. The number of rotatable bonds is 4. The molecule has 0 bridgehead atoms. The standard InChI is InChI=1S/C17H23NO3/c1-12(2)13-7-9-14(10-8-13)15(19)11-18-16(20)5-3-4-6-17(18)21/h7-10,12,15,19H,3-6,11H2,1-2H3. The first-order valence-corrected chi connectivity index (χ1v) is 7.60. The van der Waals surface area contributed by atoms with Crippen molar-refractivity contribution in [2.24, 2.45) is 0 Å². The summed E-state index contributed by atoms with van der Waals surface area (Å²) in [7, 11) is 0. The van der Waals surface area contributed by atoms with Gasteiger partial charge in [-0.2, -0.15) is 0 Å². The highest BCUT2D eigenvalue weighted by Gasteiger charge is 2.26. The average Bonchev–Trinajstić information content (AvgIpc) is 2.62. The van der Waals surface area contributed by atoms with Crippen molar-refractivity contribution in [3.8, 4) is 0 Å². The van der Waals surface area contributed by atoms with Gasteiger partial charge in [-0.05, 0) is 29.9 Å². The zero-order chi connectivity index (χ0) is 15.4. The number of imide groups is 1. The Hall–Kier alpha value is -1.68. The lowest BCUT2D eigenvalue weighted by Crippen LogP contribution is -2.38. The molecular formula is C17H23NO3. The first kappa shape index (κ1) is 15.7. The molecule has 0 radical (unpaired) electrons. The molecule has 1 unspecified atom stereocenters. The maximum absolute atomic E-state index is 11.9. The zero-order valence-electron chi connectivity index (χ0n) is 12.7. The molecule has 0 spiro atoms. The molecule has 1 aliphatic rings. The van der Waals surface area contributed by atoms with Gasteiger partial charge in [-0.1, -0.05) is 38.1 Å². The Balaban J connectivity index is 2.07. The number of hydrogen-bond donors (Lipinski definition) is 1. The van der Waals surface area contributed by atoms with Crippen LogP contribution in [0.2, 0.25) is 0 Å². The third kappa shape index (κ3) is 3.91. The molecule has 2 rings (SSSR count). The Morgan fingerprint density at radius 1 is 1.00 bits per heavy atom. The van der Waals surface area contributed by atoms with Crippen molar-refractivity contribution in [3.63, 3.8) is 0 Å². The predicted molar refractivity (Wildman–Crippen MR) is 80.7 cm³/mol. The average molecular weight is 289 g/mol. The van der Waals surface area contributed by atoms with E-state index in [-0.39, 0.29) is 18.4 Å². The molecule has 1 atom stereocenters. The van der Waals surface area contributed by atoms with Crippen molar-refractivity contribution in [1.82, 2.24) is 4.90 Å². The lowest BCUT2D eigenvalue weighted by molar-refractivity contribution is -0.145. The van der Waals surface area contributed by atoms with E-state index in [9.17, 15) is 14.7 Å². The number of hydrogen-bond acceptors (Lipinski definition) is 3. The van der Waals surface area contributed by atoms with Crippen LogP contribution >= 0.6 is 0 Å². The lowest BCUT2D eigenvalue weighted by Gasteiger charge is -2.22. The minimum absolute atomic E-state index is 0.0543. The molecule has 1 aliphatic heterocycles. The largest absolute Gasteiger partial charge is 0.387 e. The number of benzene rings is 1. The van der Waals surface area contributed by atoms with Gasteiger partial charge in [0.05, 0.1) is 12.6 Å². The van der Waals surface area contributed by atoms with Crippen LogP contribution in [0.15, 0.2) is 24.3 Å². The molecule has 1 N–H and O–H groups in total. The van der Waals surface area contributed by atoms with Crippen LogP contribution in [0.3, 0.4) is 0 Å². The maximum atomic E-state index is 11.9. The molecule has 21 heavy (non-hydrogen) atoms. The van der Waals surface area contributed by atoms with Crippen molar-refractivity contribution < 1.29 is 14.7 Å². The molecular weight excluding hydrogens is 266 g/mol. The summed E-state index contributed by atoms with van der Waals surface area (Å²) >= 11 is 0. The van der Waals surface area contributed by atoms with Gasteiger partial charge < -0.3 is 5.11 Å². The number of carbonyl (C=O) groups excluding carboxylic acids is 2. The smallest absolute Gasteiger partial charge is 0.229 e. The van der Waals surface area contributed by atoms with Crippen molar-refractivity contribution in [2.75, 3.05) is 6.54 Å². The van der Waals surface area contributed by atoms with E-state index in [4.69, 9.17) is 0 Å². The highest BCUT2D eigenvalue weighted by atomic mass is 16.3. The van der Waals surface area contributed by atoms with Gasteiger partial charge in [0, 0.05) is 12.8 Å². The van der Waals surface area contributed by atoms with Crippen LogP contribution in [0.25, 0.3) is 0 Å². The molecule has 1 aromatic carbocycles. The van der Waals surface area contributed by atoms with Crippen molar-refractivity contribution in [1.29, 1.82) is 0 Å². The Kier molecular flexibility index (Phi) is 5.12. The summed E-state index contributed by atoms with van der Waals surface area (Å²) < 4.78 is 0. The molecule has 1 fully saturated rings. The summed E-state index contributed by atoms with van der Waals surface area (Å²) in [5.41, 5.74) is 1.94. The summed E-state index contributed by atoms with van der Waals surface area (Å²) in [6.45, 7) is 4.28. The molecule has 2 amide bonds.